The predicted octanol–water partition coefficient (Wildman–Crippen LogP) is 0.368. The molecule has 2 heterocycles. The highest BCUT2D eigenvalue weighted by Crippen LogP contribution is 2.47. The lowest BCUT2D eigenvalue weighted by Gasteiger charge is -2.56. The minimum atomic E-state index is -0.874. The first-order valence-corrected chi connectivity index (χ1v) is 5.10. The zero-order chi connectivity index (χ0) is 10.9. The van der Waals surface area contributed by atoms with E-state index in [9.17, 15) is 9.59 Å². The van der Waals surface area contributed by atoms with E-state index in [1.807, 2.05) is 0 Å². The van der Waals surface area contributed by atoms with Gasteiger partial charge >= 0.3 is 5.97 Å². The van der Waals surface area contributed by atoms with Crippen molar-refractivity contribution in [3.05, 3.63) is 0 Å². The number of ether oxygens (including phenoxy) is 2. The minimum Gasteiger partial charge on any atom is -0.481 e. The topological polar surface area (TPSA) is 72.8 Å². The number of hydrogen-bond donors (Lipinski definition) is 1. The lowest BCUT2D eigenvalue weighted by atomic mass is 9.71. The van der Waals surface area contributed by atoms with Crippen LogP contribution < -0.4 is 0 Å². The largest absolute Gasteiger partial charge is 0.481 e. The summed E-state index contributed by atoms with van der Waals surface area (Å²) < 4.78 is 10.8. The molecule has 0 amide bonds. The van der Waals surface area contributed by atoms with E-state index in [2.05, 4.69) is 0 Å². The Morgan fingerprint density at radius 1 is 1.33 bits per heavy atom. The molecular formula is C10H14O5. The molecule has 0 aromatic carbocycles. The number of rotatable bonds is 5. The van der Waals surface area contributed by atoms with Crippen LogP contribution in [0.3, 0.4) is 0 Å². The van der Waals surface area contributed by atoms with E-state index >= 15 is 0 Å². The second-order valence-electron chi connectivity index (χ2n) is 4.09. The summed E-state index contributed by atoms with van der Waals surface area (Å²) in [7, 11) is 0. The highest BCUT2D eigenvalue weighted by Gasteiger charge is 2.60. The fraction of sp³-hybridized carbons (Fsp3) is 0.800. The normalized spacial score (nSPS) is 38.9. The number of carboxylic acids is 1. The number of carbonyl (C=O) groups excluding carboxylic acids is 1. The molecule has 0 aliphatic carbocycles. The van der Waals surface area contributed by atoms with Crippen molar-refractivity contribution < 1.29 is 24.2 Å². The molecule has 0 aromatic heterocycles. The van der Waals surface area contributed by atoms with Crippen molar-refractivity contribution in [3.8, 4) is 0 Å². The van der Waals surface area contributed by atoms with Crippen LogP contribution in [0.5, 0.6) is 0 Å². The molecular weight excluding hydrogens is 200 g/mol. The fourth-order valence-corrected chi connectivity index (χ4v) is 2.28. The van der Waals surface area contributed by atoms with Gasteiger partial charge in [0, 0.05) is 19.3 Å². The van der Waals surface area contributed by atoms with Crippen LogP contribution in [0.25, 0.3) is 0 Å². The Bertz CT molecular complexity index is 278. The molecule has 0 aromatic rings. The highest BCUT2D eigenvalue weighted by molar-refractivity contribution is 5.69. The van der Waals surface area contributed by atoms with Crippen molar-refractivity contribution in [2.24, 2.45) is 0 Å². The van der Waals surface area contributed by atoms with Crippen molar-refractivity contribution in [1.29, 1.82) is 0 Å². The average molecular weight is 214 g/mol. The summed E-state index contributed by atoms with van der Waals surface area (Å²) in [5.41, 5.74) is -1.55. The van der Waals surface area contributed by atoms with Crippen molar-refractivity contribution in [1.82, 2.24) is 0 Å². The summed E-state index contributed by atoms with van der Waals surface area (Å²) in [4.78, 5) is 21.6. The lowest BCUT2D eigenvalue weighted by molar-refractivity contribution is -0.294. The van der Waals surface area contributed by atoms with Gasteiger partial charge in [0.2, 0.25) is 0 Å². The van der Waals surface area contributed by atoms with Crippen LogP contribution >= 0.6 is 0 Å². The van der Waals surface area contributed by atoms with E-state index in [4.69, 9.17) is 14.6 Å². The molecule has 84 valence electrons. The maximum atomic E-state index is 11.0. The summed E-state index contributed by atoms with van der Waals surface area (Å²) in [6.07, 6.45) is 2.48. The van der Waals surface area contributed by atoms with E-state index in [0.717, 1.165) is 6.29 Å². The molecule has 0 radical (unpaired) electrons. The van der Waals surface area contributed by atoms with Crippen LogP contribution in [-0.2, 0) is 19.1 Å². The molecule has 2 aliphatic rings. The molecule has 2 rings (SSSR count). The molecule has 2 aliphatic heterocycles. The standard InChI is InChI=1S/C10H14O5/c11-7-10(4-6-15-10)9(3-5-14-9)2-1-8(12)13/h7H,1-6H2,(H,12,13). The lowest BCUT2D eigenvalue weighted by Crippen LogP contribution is -2.68. The molecule has 2 saturated heterocycles. The Labute approximate surface area is 87.4 Å². The summed E-state index contributed by atoms with van der Waals surface area (Å²) in [6.45, 7) is 1.13. The summed E-state index contributed by atoms with van der Waals surface area (Å²) in [5, 5.41) is 8.64. The number of aliphatic carboxylic acids is 1. The van der Waals surface area contributed by atoms with E-state index in [1.165, 1.54) is 0 Å². The van der Waals surface area contributed by atoms with Gasteiger partial charge in [0.05, 0.1) is 13.2 Å². The van der Waals surface area contributed by atoms with Gasteiger partial charge in [0.1, 0.15) is 5.60 Å². The van der Waals surface area contributed by atoms with Crippen LogP contribution in [0.15, 0.2) is 0 Å². The summed E-state index contributed by atoms with van der Waals surface area (Å²) >= 11 is 0. The average Bonchev–Trinajstić information content (AvgIpc) is 2.06. The van der Waals surface area contributed by atoms with Crippen LogP contribution in [0.2, 0.25) is 0 Å². The fourth-order valence-electron chi connectivity index (χ4n) is 2.28. The molecule has 15 heavy (non-hydrogen) atoms. The molecule has 5 heteroatoms. The second kappa shape index (κ2) is 3.57. The Balaban J connectivity index is 2.07. The number of carbonyl (C=O) groups is 2. The summed E-state index contributed by atoms with van der Waals surface area (Å²) in [5.74, 6) is -0.870. The number of carboxylic acid groups (broad SMARTS) is 1. The van der Waals surface area contributed by atoms with Crippen molar-refractivity contribution in [3.63, 3.8) is 0 Å². The van der Waals surface area contributed by atoms with Gasteiger partial charge in [-0.1, -0.05) is 0 Å². The SMILES string of the molecule is O=CC1(C2(CCC(=O)O)CCO2)CCO1. The van der Waals surface area contributed by atoms with Gasteiger partial charge in [0.25, 0.3) is 0 Å². The Morgan fingerprint density at radius 2 is 1.93 bits per heavy atom. The molecule has 2 atom stereocenters. The van der Waals surface area contributed by atoms with Gasteiger partial charge < -0.3 is 19.4 Å². The number of aldehydes is 1. The first-order valence-electron chi connectivity index (χ1n) is 5.10. The van der Waals surface area contributed by atoms with Crippen LogP contribution in [0.1, 0.15) is 25.7 Å². The molecule has 1 N–H and O–H groups in total. The quantitative estimate of drug-likeness (QED) is 0.669. The van der Waals surface area contributed by atoms with E-state index in [-0.39, 0.29) is 6.42 Å². The maximum Gasteiger partial charge on any atom is 0.303 e. The third-order valence-electron chi connectivity index (χ3n) is 3.42. The van der Waals surface area contributed by atoms with Crippen molar-refractivity contribution >= 4 is 12.3 Å². The number of hydrogen-bond acceptors (Lipinski definition) is 4. The maximum absolute atomic E-state index is 11.0. The molecule has 0 bridgehead atoms. The third kappa shape index (κ3) is 1.46. The van der Waals surface area contributed by atoms with Crippen molar-refractivity contribution in [2.75, 3.05) is 13.2 Å². The van der Waals surface area contributed by atoms with E-state index < -0.39 is 17.2 Å². The van der Waals surface area contributed by atoms with Gasteiger partial charge in [-0.3, -0.25) is 4.79 Å². The van der Waals surface area contributed by atoms with Crippen LogP contribution in [0.4, 0.5) is 0 Å². The van der Waals surface area contributed by atoms with E-state index in [1.54, 1.807) is 0 Å². The zero-order valence-electron chi connectivity index (χ0n) is 8.40. The molecule has 5 nitrogen and oxygen atoms in total. The van der Waals surface area contributed by atoms with E-state index in [0.29, 0.717) is 32.5 Å². The highest BCUT2D eigenvalue weighted by atomic mass is 16.6. The van der Waals surface area contributed by atoms with Gasteiger partial charge in [-0.05, 0) is 6.42 Å². The monoisotopic (exact) mass is 214 g/mol. The second-order valence-corrected chi connectivity index (χ2v) is 4.09. The molecule has 2 fully saturated rings. The minimum absolute atomic E-state index is 0.0128. The first kappa shape index (κ1) is 10.6. The third-order valence-corrected chi connectivity index (χ3v) is 3.42. The van der Waals surface area contributed by atoms with Gasteiger partial charge in [0.15, 0.2) is 11.9 Å². The van der Waals surface area contributed by atoms with Crippen LogP contribution in [-0.4, -0.2) is 41.8 Å². The smallest absolute Gasteiger partial charge is 0.303 e. The van der Waals surface area contributed by atoms with Gasteiger partial charge in [-0.25, -0.2) is 0 Å². The molecule has 0 saturated carbocycles. The van der Waals surface area contributed by atoms with Crippen molar-refractivity contribution in [2.45, 2.75) is 36.9 Å². The molecule has 0 spiro atoms. The van der Waals surface area contributed by atoms with Gasteiger partial charge in [-0.2, -0.15) is 0 Å². The molecule has 2 unspecified atom stereocenters. The Kier molecular flexibility index (Phi) is 2.52. The Morgan fingerprint density at radius 3 is 2.20 bits per heavy atom. The van der Waals surface area contributed by atoms with Gasteiger partial charge in [-0.15, -0.1) is 0 Å². The Hall–Kier alpha value is -0.940. The van der Waals surface area contributed by atoms with Crippen LogP contribution in [0, 0.1) is 0 Å². The summed E-state index contributed by atoms with van der Waals surface area (Å²) in [6, 6.07) is 0. The zero-order valence-corrected chi connectivity index (χ0v) is 8.40. The predicted molar refractivity (Wildman–Crippen MR) is 49.5 cm³/mol. The first-order chi connectivity index (χ1) is 7.14.